The number of aryl methyl sites for hydroxylation is 1. The lowest BCUT2D eigenvalue weighted by Gasteiger charge is -2.30. The maximum atomic E-state index is 8.80. The van der Waals surface area contributed by atoms with Crippen LogP contribution in [0.5, 0.6) is 0 Å². The van der Waals surface area contributed by atoms with E-state index in [0.717, 1.165) is 37.9 Å². The third-order valence-electron chi connectivity index (χ3n) is 4.64. The van der Waals surface area contributed by atoms with E-state index < -0.39 is 0 Å². The molecule has 1 aliphatic rings. The van der Waals surface area contributed by atoms with Crippen LogP contribution >= 0.6 is 0 Å². The number of aromatic nitrogens is 2. The van der Waals surface area contributed by atoms with Gasteiger partial charge in [-0.2, -0.15) is 4.98 Å². The molecule has 0 bridgehead atoms. The molecule has 3 rings (SSSR count). The lowest BCUT2D eigenvalue weighted by atomic mass is 10.1. The molecule has 0 radical (unpaired) electrons. The van der Waals surface area contributed by atoms with Gasteiger partial charge in [-0.05, 0) is 31.2 Å². The SMILES string of the molecule is CCc1ccc(-c2noc(CN3CCC(OCCCO)CC3)n2)cc1. The summed E-state index contributed by atoms with van der Waals surface area (Å²) in [5.74, 6) is 1.31. The molecule has 0 unspecified atom stereocenters. The van der Waals surface area contributed by atoms with Crippen LogP contribution in [0.3, 0.4) is 0 Å². The van der Waals surface area contributed by atoms with Crippen LogP contribution in [0, 0.1) is 0 Å². The first-order valence-electron chi connectivity index (χ1n) is 9.15. The maximum absolute atomic E-state index is 8.80. The Hall–Kier alpha value is -1.76. The van der Waals surface area contributed by atoms with Gasteiger partial charge in [0.2, 0.25) is 11.7 Å². The summed E-state index contributed by atoms with van der Waals surface area (Å²) in [7, 11) is 0. The number of hydrogen-bond acceptors (Lipinski definition) is 6. The van der Waals surface area contributed by atoms with Crippen molar-refractivity contribution in [2.75, 3.05) is 26.3 Å². The minimum Gasteiger partial charge on any atom is -0.396 e. The Balaban J connectivity index is 1.49. The Labute approximate surface area is 148 Å². The van der Waals surface area contributed by atoms with E-state index in [0.29, 0.717) is 37.4 Å². The van der Waals surface area contributed by atoms with Crippen molar-refractivity contribution in [3.63, 3.8) is 0 Å². The second-order valence-electron chi connectivity index (χ2n) is 6.49. The zero-order chi connectivity index (χ0) is 17.5. The molecule has 1 N–H and O–H groups in total. The van der Waals surface area contributed by atoms with Crippen LogP contribution in [0.2, 0.25) is 0 Å². The molecule has 0 spiro atoms. The van der Waals surface area contributed by atoms with Gasteiger partial charge < -0.3 is 14.4 Å². The molecule has 2 aromatic rings. The van der Waals surface area contributed by atoms with Gasteiger partial charge in [-0.1, -0.05) is 36.3 Å². The van der Waals surface area contributed by atoms with E-state index in [1.54, 1.807) is 0 Å². The first kappa shape index (κ1) is 18.0. The van der Waals surface area contributed by atoms with E-state index in [1.807, 2.05) is 12.1 Å². The molecule has 6 heteroatoms. The molecule has 1 aliphatic heterocycles. The van der Waals surface area contributed by atoms with E-state index in [1.165, 1.54) is 5.56 Å². The van der Waals surface area contributed by atoms with Crippen LogP contribution in [0.4, 0.5) is 0 Å². The molecule has 0 saturated carbocycles. The molecule has 25 heavy (non-hydrogen) atoms. The van der Waals surface area contributed by atoms with Crippen LogP contribution in [-0.4, -0.2) is 52.6 Å². The summed E-state index contributed by atoms with van der Waals surface area (Å²) in [6, 6.07) is 8.30. The van der Waals surface area contributed by atoms with Crippen LogP contribution in [-0.2, 0) is 17.7 Å². The largest absolute Gasteiger partial charge is 0.396 e. The van der Waals surface area contributed by atoms with E-state index in [4.69, 9.17) is 14.4 Å². The summed E-state index contributed by atoms with van der Waals surface area (Å²) in [5, 5.41) is 12.9. The van der Waals surface area contributed by atoms with E-state index in [9.17, 15) is 0 Å². The van der Waals surface area contributed by atoms with Gasteiger partial charge in [-0.25, -0.2) is 0 Å². The average molecular weight is 345 g/mol. The van der Waals surface area contributed by atoms with Crippen molar-refractivity contribution >= 4 is 0 Å². The highest BCUT2D eigenvalue weighted by atomic mass is 16.5. The zero-order valence-corrected chi connectivity index (χ0v) is 14.9. The smallest absolute Gasteiger partial charge is 0.241 e. The Morgan fingerprint density at radius 3 is 2.68 bits per heavy atom. The molecule has 1 aromatic heterocycles. The average Bonchev–Trinajstić information content (AvgIpc) is 3.12. The molecule has 2 heterocycles. The van der Waals surface area contributed by atoms with Crippen LogP contribution in [0.25, 0.3) is 11.4 Å². The number of aliphatic hydroxyl groups excluding tert-OH is 1. The zero-order valence-electron chi connectivity index (χ0n) is 14.9. The summed E-state index contributed by atoms with van der Waals surface area (Å²) in [4.78, 5) is 6.85. The van der Waals surface area contributed by atoms with Gasteiger partial charge in [-0.15, -0.1) is 0 Å². The predicted octanol–water partition coefficient (Wildman–Crippen LogP) is 2.66. The molecular formula is C19H27N3O3. The molecule has 1 aromatic carbocycles. The van der Waals surface area contributed by atoms with Crippen molar-refractivity contribution in [2.45, 2.75) is 45.3 Å². The van der Waals surface area contributed by atoms with E-state index in [-0.39, 0.29) is 6.61 Å². The van der Waals surface area contributed by atoms with Crippen molar-refractivity contribution < 1.29 is 14.4 Å². The predicted molar refractivity (Wildman–Crippen MR) is 95.1 cm³/mol. The number of hydrogen-bond donors (Lipinski definition) is 1. The van der Waals surface area contributed by atoms with Gasteiger partial charge in [0.05, 0.1) is 12.6 Å². The second kappa shape index (κ2) is 9.08. The fourth-order valence-electron chi connectivity index (χ4n) is 3.07. The monoisotopic (exact) mass is 345 g/mol. The fraction of sp³-hybridized carbons (Fsp3) is 0.579. The van der Waals surface area contributed by atoms with Gasteiger partial charge in [0.25, 0.3) is 0 Å². The summed E-state index contributed by atoms with van der Waals surface area (Å²) in [5.41, 5.74) is 2.29. The molecule has 0 amide bonds. The van der Waals surface area contributed by atoms with Crippen LogP contribution in [0.15, 0.2) is 28.8 Å². The van der Waals surface area contributed by atoms with Crippen molar-refractivity contribution in [3.05, 3.63) is 35.7 Å². The number of piperidine rings is 1. The highest BCUT2D eigenvalue weighted by Crippen LogP contribution is 2.19. The summed E-state index contributed by atoms with van der Waals surface area (Å²) in [6.45, 7) is 5.59. The van der Waals surface area contributed by atoms with Gasteiger partial charge in [-0.3, -0.25) is 4.90 Å². The normalized spacial score (nSPS) is 16.4. The maximum Gasteiger partial charge on any atom is 0.241 e. The topological polar surface area (TPSA) is 71.6 Å². The number of ether oxygens (including phenoxy) is 1. The molecule has 136 valence electrons. The minimum absolute atomic E-state index is 0.194. The quantitative estimate of drug-likeness (QED) is 0.742. The van der Waals surface area contributed by atoms with Crippen molar-refractivity contribution in [2.24, 2.45) is 0 Å². The molecular weight excluding hydrogens is 318 g/mol. The third kappa shape index (κ3) is 5.11. The highest BCUT2D eigenvalue weighted by molar-refractivity contribution is 5.54. The van der Waals surface area contributed by atoms with Gasteiger partial charge in [0.15, 0.2) is 0 Å². The van der Waals surface area contributed by atoms with E-state index >= 15 is 0 Å². The highest BCUT2D eigenvalue weighted by Gasteiger charge is 2.21. The summed E-state index contributed by atoms with van der Waals surface area (Å²) in [6.07, 6.45) is 4.05. The lowest BCUT2D eigenvalue weighted by molar-refractivity contribution is -0.000876. The first-order valence-corrected chi connectivity index (χ1v) is 9.15. The number of likely N-dealkylation sites (tertiary alicyclic amines) is 1. The third-order valence-corrected chi connectivity index (χ3v) is 4.64. The van der Waals surface area contributed by atoms with Crippen LogP contribution < -0.4 is 0 Å². The number of aliphatic hydroxyl groups is 1. The second-order valence-corrected chi connectivity index (χ2v) is 6.49. The van der Waals surface area contributed by atoms with Crippen molar-refractivity contribution in [1.29, 1.82) is 0 Å². The Morgan fingerprint density at radius 2 is 2.00 bits per heavy atom. The Bertz CT molecular complexity index is 634. The van der Waals surface area contributed by atoms with Gasteiger partial charge in [0, 0.05) is 31.9 Å². The molecule has 6 nitrogen and oxygen atoms in total. The number of benzene rings is 1. The molecule has 0 aliphatic carbocycles. The lowest BCUT2D eigenvalue weighted by Crippen LogP contribution is -2.36. The fourth-order valence-corrected chi connectivity index (χ4v) is 3.07. The Morgan fingerprint density at radius 1 is 1.24 bits per heavy atom. The van der Waals surface area contributed by atoms with Crippen molar-refractivity contribution in [3.8, 4) is 11.4 Å². The number of rotatable bonds is 8. The minimum atomic E-state index is 0.194. The van der Waals surface area contributed by atoms with Crippen LogP contribution in [0.1, 0.15) is 37.6 Å². The molecule has 0 atom stereocenters. The van der Waals surface area contributed by atoms with E-state index in [2.05, 4.69) is 34.1 Å². The van der Waals surface area contributed by atoms with Gasteiger partial charge in [0.1, 0.15) is 0 Å². The first-order chi connectivity index (χ1) is 12.3. The molecule has 1 saturated heterocycles. The molecule has 1 fully saturated rings. The standard InChI is InChI=1S/C19H27N3O3/c1-2-15-4-6-16(7-5-15)19-20-18(25-21-19)14-22-10-8-17(9-11-22)24-13-3-12-23/h4-7,17,23H,2-3,8-14H2,1H3. The summed E-state index contributed by atoms with van der Waals surface area (Å²) >= 11 is 0. The Kier molecular flexibility index (Phi) is 6.55. The number of nitrogens with zero attached hydrogens (tertiary/aromatic N) is 3. The van der Waals surface area contributed by atoms with Crippen molar-refractivity contribution in [1.82, 2.24) is 15.0 Å². The summed E-state index contributed by atoms with van der Waals surface area (Å²) < 4.78 is 11.2. The van der Waals surface area contributed by atoms with Gasteiger partial charge >= 0.3 is 0 Å².